The average Bonchev–Trinajstić information content (AvgIpc) is 3.28. The minimum Gasteiger partial charge on any atom is -0.444 e. The van der Waals surface area contributed by atoms with Gasteiger partial charge in [-0.25, -0.2) is 8.42 Å². The van der Waals surface area contributed by atoms with Crippen molar-refractivity contribution in [3.63, 3.8) is 0 Å². The summed E-state index contributed by atoms with van der Waals surface area (Å²) in [5.74, 6) is -0.685. The van der Waals surface area contributed by atoms with E-state index in [-0.39, 0.29) is 48.6 Å². The summed E-state index contributed by atoms with van der Waals surface area (Å²) in [5.41, 5.74) is 0. The van der Waals surface area contributed by atoms with Gasteiger partial charge in [-0.15, -0.1) is 11.3 Å². The molecule has 27 heavy (non-hydrogen) atoms. The highest BCUT2D eigenvalue weighted by molar-refractivity contribution is 9.10. The topological polar surface area (TPSA) is 99.9 Å². The number of rotatable bonds is 5. The fourth-order valence-corrected chi connectivity index (χ4v) is 5.90. The molecule has 146 valence electrons. The number of carbonyl (C=O) groups excluding carboxylic acids is 2. The summed E-state index contributed by atoms with van der Waals surface area (Å²) in [6, 6.07) is 6.09. The molecule has 1 N–H and O–H groups in total. The highest BCUT2D eigenvalue weighted by atomic mass is 79.9. The van der Waals surface area contributed by atoms with Crippen molar-refractivity contribution in [2.75, 3.05) is 32.7 Å². The molecule has 0 saturated carbocycles. The van der Waals surface area contributed by atoms with Gasteiger partial charge in [0.2, 0.25) is 5.91 Å². The van der Waals surface area contributed by atoms with Gasteiger partial charge >= 0.3 is 0 Å². The molecule has 0 radical (unpaired) electrons. The molecule has 3 rings (SSSR count). The molecule has 2 amide bonds. The maximum Gasteiger partial charge on any atom is 0.287 e. The van der Waals surface area contributed by atoms with E-state index in [9.17, 15) is 18.0 Å². The normalized spacial score (nSPS) is 15.7. The van der Waals surface area contributed by atoms with Crippen LogP contribution in [0.4, 0.5) is 0 Å². The molecular weight excluding hydrogens is 482 g/mol. The zero-order valence-corrected chi connectivity index (χ0v) is 17.8. The first-order valence-corrected chi connectivity index (χ1v) is 11.3. The molecule has 0 bridgehead atoms. The molecule has 1 aliphatic heterocycles. The van der Waals surface area contributed by atoms with Crippen LogP contribution in [0, 0.1) is 0 Å². The smallest absolute Gasteiger partial charge is 0.287 e. The second-order valence-electron chi connectivity index (χ2n) is 5.63. The first-order valence-electron chi connectivity index (χ1n) is 7.84. The second kappa shape index (κ2) is 8.31. The van der Waals surface area contributed by atoms with Crippen molar-refractivity contribution in [3.8, 4) is 0 Å². The van der Waals surface area contributed by atoms with Gasteiger partial charge in [-0.3, -0.25) is 9.59 Å². The van der Waals surface area contributed by atoms with Crippen LogP contribution in [0.1, 0.15) is 10.6 Å². The lowest BCUT2D eigenvalue weighted by atomic mass is 10.3. The van der Waals surface area contributed by atoms with E-state index in [0.717, 1.165) is 11.3 Å². The quantitative estimate of drug-likeness (QED) is 0.683. The predicted molar refractivity (Wildman–Crippen MR) is 103 cm³/mol. The third-order valence-electron chi connectivity index (χ3n) is 3.93. The van der Waals surface area contributed by atoms with Crippen LogP contribution in [0.5, 0.6) is 0 Å². The Balaban J connectivity index is 1.51. The van der Waals surface area contributed by atoms with Crippen molar-refractivity contribution >= 4 is 60.7 Å². The predicted octanol–water partition coefficient (Wildman–Crippen LogP) is 2.02. The second-order valence-corrected chi connectivity index (χ2v) is 10.3. The van der Waals surface area contributed by atoms with Crippen LogP contribution in [-0.2, 0) is 14.8 Å². The Bertz CT molecular complexity index is 950. The van der Waals surface area contributed by atoms with E-state index in [2.05, 4.69) is 21.2 Å². The third-order valence-corrected chi connectivity index (χ3v) is 7.95. The van der Waals surface area contributed by atoms with Crippen molar-refractivity contribution in [2.24, 2.45) is 0 Å². The number of sulfonamides is 1. The monoisotopic (exact) mass is 495 g/mol. The van der Waals surface area contributed by atoms with Crippen molar-refractivity contribution in [1.82, 2.24) is 14.5 Å². The lowest BCUT2D eigenvalue weighted by Crippen LogP contribution is -2.52. The number of nitrogens with one attached hydrogen (secondary N) is 1. The summed E-state index contributed by atoms with van der Waals surface area (Å²) >= 11 is 9.92. The standard InChI is InChI=1S/C15H15BrClN3O5S2/c16-11-2-1-10(25-11)15(22)18-9-13(21)19-5-7-20(8-6-19)27(23,24)14-4-3-12(17)26-14/h1-4H,5-9H2,(H,18,22). The molecule has 2 aromatic heterocycles. The van der Waals surface area contributed by atoms with E-state index in [1.807, 2.05) is 0 Å². The minimum atomic E-state index is -3.61. The SMILES string of the molecule is O=C(NCC(=O)N1CCN(S(=O)(=O)c2ccc(Cl)s2)CC1)c1ccc(Br)o1. The Morgan fingerprint density at radius 3 is 2.44 bits per heavy atom. The van der Waals surface area contributed by atoms with Crippen molar-refractivity contribution < 1.29 is 22.4 Å². The first kappa shape index (κ1) is 20.3. The van der Waals surface area contributed by atoms with Gasteiger partial charge in [-0.1, -0.05) is 11.6 Å². The zero-order chi connectivity index (χ0) is 19.6. The molecule has 0 atom stereocenters. The number of hydrogen-bond acceptors (Lipinski definition) is 6. The average molecular weight is 497 g/mol. The summed E-state index contributed by atoms with van der Waals surface area (Å²) < 4.78 is 32.6. The van der Waals surface area contributed by atoms with Crippen LogP contribution in [-0.4, -0.2) is 62.2 Å². The van der Waals surface area contributed by atoms with E-state index in [1.54, 1.807) is 12.1 Å². The zero-order valence-electron chi connectivity index (χ0n) is 13.9. The Hall–Kier alpha value is -1.40. The Morgan fingerprint density at radius 1 is 1.19 bits per heavy atom. The van der Waals surface area contributed by atoms with Crippen molar-refractivity contribution in [2.45, 2.75) is 4.21 Å². The highest BCUT2D eigenvalue weighted by Crippen LogP contribution is 2.28. The number of carbonyl (C=O) groups is 2. The van der Waals surface area contributed by atoms with Crippen LogP contribution >= 0.6 is 38.9 Å². The molecule has 2 aromatic rings. The van der Waals surface area contributed by atoms with E-state index >= 15 is 0 Å². The fourth-order valence-electron chi connectivity index (χ4n) is 2.53. The lowest BCUT2D eigenvalue weighted by molar-refractivity contribution is -0.131. The first-order chi connectivity index (χ1) is 12.8. The van der Waals surface area contributed by atoms with Gasteiger partial charge < -0.3 is 14.6 Å². The Kier molecular flexibility index (Phi) is 6.26. The Labute approximate surface area is 173 Å². The van der Waals surface area contributed by atoms with Gasteiger partial charge in [-0.2, -0.15) is 4.31 Å². The van der Waals surface area contributed by atoms with Crippen LogP contribution in [0.2, 0.25) is 4.34 Å². The molecule has 3 heterocycles. The largest absolute Gasteiger partial charge is 0.444 e. The molecule has 1 saturated heterocycles. The van der Waals surface area contributed by atoms with E-state index < -0.39 is 15.9 Å². The number of piperazine rings is 1. The van der Waals surface area contributed by atoms with Gasteiger partial charge in [0.15, 0.2) is 10.4 Å². The number of hydrogen-bond donors (Lipinski definition) is 1. The van der Waals surface area contributed by atoms with Gasteiger partial charge in [0.25, 0.3) is 15.9 Å². The number of halogens is 2. The Morgan fingerprint density at radius 2 is 1.89 bits per heavy atom. The molecule has 0 aromatic carbocycles. The summed E-state index contributed by atoms with van der Waals surface area (Å²) in [5, 5.41) is 2.49. The lowest BCUT2D eigenvalue weighted by Gasteiger charge is -2.33. The fraction of sp³-hybridized carbons (Fsp3) is 0.333. The minimum absolute atomic E-state index is 0.0974. The summed E-state index contributed by atoms with van der Waals surface area (Å²) in [4.78, 5) is 25.7. The summed E-state index contributed by atoms with van der Waals surface area (Å²) in [6.45, 7) is 0.675. The van der Waals surface area contributed by atoms with Crippen molar-refractivity contribution in [3.05, 3.63) is 39.0 Å². The number of thiophene rings is 1. The van der Waals surface area contributed by atoms with Crippen LogP contribution in [0.15, 0.2) is 37.6 Å². The molecular formula is C15H15BrClN3O5S2. The number of furan rings is 1. The molecule has 12 heteroatoms. The number of nitrogens with zero attached hydrogens (tertiary/aromatic N) is 2. The maximum absolute atomic E-state index is 12.6. The molecule has 8 nitrogen and oxygen atoms in total. The summed E-state index contributed by atoms with van der Waals surface area (Å²) in [6.07, 6.45) is 0. The van der Waals surface area contributed by atoms with Gasteiger partial charge in [0.05, 0.1) is 10.9 Å². The molecule has 1 aliphatic rings. The summed E-state index contributed by atoms with van der Waals surface area (Å²) in [7, 11) is -3.61. The van der Waals surface area contributed by atoms with Crippen LogP contribution < -0.4 is 5.32 Å². The van der Waals surface area contributed by atoms with Gasteiger partial charge in [0.1, 0.15) is 4.21 Å². The van der Waals surface area contributed by atoms with E-state index in [0.29, 0.717) is 9.01 Å². The van der Waals surface area contributed by atoms with E-state index in [1.165, 1.54) is 21.3 Å². The van der Waals surface area contributed by atoms with E-state index in [4.69, 9.17) is 16.0 Å². The molecule has 1 fully saturated rings. The highest BCUT2D eigenvalue weighted by Gasteiger charge is 2.31. The maximum atomic E-state index is 12.6. The molecule has 0 aliphatic carbocycles. The van der Waals surface area contributed by atoms with Crippen molar-refractivity contribution in [1.29, 1.82) is 0 Å². The molecule has 0 unspecified atom stereocenters. The van der Waals surface area contributed by atoms with Gasteiger partial charge in [-0.05, 0) is 40.2 Å². The third kappa shape index (κ3) is 4.72. The number of amides is 2. The van der Waals surface area contributed by atoms with Crippen LogP contribution in [0.25, 0.3) is 0 Å². The van der Waals surface area contributed by atoms with Gasteiger partial charge in [0, 0.05) is 26.2 Å². The molecule has 0 spiro atoms. The van der Waals surface area contributed by atoms with Crippen LogP contribution in [0.3, 0.4) is 0 Å².